The summed E-state index contributed by atoms with van der Waals surface area (Å²) in [6.45, 7) is 0.737. The molecule has 0 aliphatic heterocycles. The van der Waals surface area contributed by atoms with Gasteiger partial charge in [-0.1, -0.05) is 6.07 Å². The van der Waals surface area contributed by atoms with E-state index in [9.17, 15) is 4.39 Å². The largest absolute Gasteiger partial charge is 0.310 e. The van der Waals surface area contributed by atoms with Gasteiger partial charge in [0, 0.05) is 25.0 Å². The van der Waals surface area contributed by atoms with Crippen molar-refractivity contribution in [3.63, 3.8) is 0 Å². The van der Waals surface area contributed by atoms with Gasteiger partial charge in [-0.3, -0.25) is 0 Å². The second kappa shape index (κ2) is 4.30. The molecule has 3 nitrogen and oxygen atoms in total. The summed E-state index contributed by atoms with van der Waals surface area (Å²) < 4.78 is 15.4. The zero-order valence-electron chi connectivity index (χ0n) is 9.44. The Kier molecular flexibility index (Phi) is 2.65. The van der Waals surface area contributed by atoms with E-state index in [0.29, 0.717) is 11.7 Å². The summed E-state index contributed by atoms with van der Waals surface area (Å²) in [5, 5.41) is 7.39. The highest BCUT2D eigenvalue weighted by Gasteiger charge is 2.20. The molecule has 1 aromatic carbocycles. The minimum absolute atomic E-state index is 0.233. The molecule has 1 heterocycles. The topological polar surface area (TPSA) is 29.9 Å². The Morgan fingerprint density at radius 2 is 2.29 bits per heavy atom. The Labute approximate surface area is 99.3 Å². The molecule has 0 amide bonds. The summed E-state index contributed by atoms with van der Waals surface area (Å²) in [5.74, 6) is -0.233. The van der Waals surface area contributed by atoms with E-state index in [0.717, 1.165) is 12.1 Å². The molecule has 1 aromatic heterocycles. The van der Waals surface area contributed by atoms with E-state index in [-0.39, 0.29) is 5.82 Å². The number of hydrogen-bond donors (Lipinski definition) is 1. The standard InChI is InChI=1S/C13H14FN3/c14-12-8-10(9-15-11-3-4-11)2-5-13(12)17-7-1-6-16-17/h1-2,5-8,11,15H,3-4,9H2. The molecule has 4 heteroatoms. The lowest BCUT2D eigenvalue weighted by atomic mass is 10.2. The molecule has 0 unspecified atom stereocenters. The van der Waals surface area contributed by atoms with E-state index in [1.54, 1.807) is 30.6 Å². The molecule has 0 radical (unpaired) electrons. The third-order valence-corrected chi connectivity index (χ3v) is 2.94. The fourth-order valence-electron chi connectivity index (χ4n) is 1.81. The van der Waals surface area contributed by atoms with Crippen molar-refractivity contribution in [3.05, 3.63) is 48.0 Å². The Balaban J connectivity index is 1.78. The molecule has 1 saturated carbocycles. The third kappa shape index (κ3) is 2.36. The molecule has 1 N–H and O–H groups in total. The van der Waals surface area contributed by atoms with Gasteiger partial charge in [-0.2, -0.15) is 5.10 Å². The number of rotatable bonds is 4. The van der Waals surface area contributed by atoms with Gasteiger partial charge in [-0.25, -0.2) is 9.07 Å². The van der Waals surface area contributed by atoms with Crippen LogP contribution in [0.3, 0.4) is 0 Å². The molecule has 0 saturated heterocycles. The van der Waals surface area contributed by atoms with Crippen LogP contribution in [0.1, 0.15) is 18.4 Å². The fraction of sp³-hybridized carbons (Fsp3) is 0.308. The Morgan fingerprint density at radius 3 is 2.94 bits per heavy atom. The first-order valence-corrected chi connectivity index (χ1v) is 5.85. The zero-order chi connectivity index (χ0) is 11.7. The van der Waals surface area contributed by atoms with Crippen LogP contribution in [0.2, 0.25) is 0 Å². The van der Waals surface area contributed by atoms with Crippen LogP contribution in [0.25, 0.3) is 5.69 Å². The average molecular weight is 231 g/mol. The zero-order valence-corrected chi connectivity index (χ0v) is 9.44. The maximum atomic E-state index is 13.9. The van der Waals surface area contributed by atoms with E-state index in [2.05, 4.69) is 10.4 Å². The van der Waals surface area contributed by atoms with Crippen molar-refractivity contribution in [2.24, 2.45) is 0 Å². The number of aromatic nitrogens is 2. The second-order valence-corrected chi connectivity index (χ2v) is 4.39. The SMILES string of the molecule is Fc1cc(CNC2CC2)ccc1-n1cccn1. The third-order valence-electron chi connectivity index (χ3n) is 2.94. The first-order chi connectivity index (χ1) is 8.33. The van der Waals surface area contributed by atoms with Gasteiger partial charge in [-0.05, 0) is 36.6 Å². The highest BCUT2D eigenvalue weighted by Crippen LogP contribution is 2.20. The summed E-state index contributed by atoms with van der Waals surface area (Å²) in [5.41, 5.74) is 1.47. The minimum atomic E-state index is -0.233. The van der Waals surface area contributed by atoms with Gasteiger partial charge in [0.15, 0.2) is 0 Å². The van der Waals surface area contributed by atoms with Gasteiger partial charge < -0.3 is 5.32 Å². The van der Waals surface area contributed by atoms with Crippen molar-refractivity contribution < 1.29 is 4.39 Å². The molecule has 1 fully saturated rings. The first-order valence-electron chi connectivity index (χ1n) is 5.85. The van der Waals surface area contributed by atoms with E-state index >= 15 is 0 Å². The molecule has 1 aliphatic rings. The Bertz CT molecular complexity index is 503. The highest BCUT2D eigenvalue weighted by atomic mass is 19.1. The molecule has 0 bridgehead atoms. The summed E-state index contributed by atoms with van der Waals surface area (Å²) in [6.07, 6.45) is 5.87. The van der Waals surface area contributed by atoms with E-state index in [1.165, 1.54) is 17.5 Å². The van der Waals surface area contributed by atoms with Gasteiger partial charge in [0.1, 0.15) is 11.5 Å². The van der Waals surface area contributed by atoms with Crippen LogP contribution in [0.5, 0.6) is 0 Å². The van der Waals surface area contributed by atoms with Crippen LogP contribution in [0.4, 0.5) is 4.39 Å². The van der Waals surface area contributed by atoms with Crippen molar-refractivity contribution >= 4 is 0 Å². The van der Waals surface area contributed by atoms with Crippen LogP contribution in [-0.4, -0.2) is 15.8 Å². The quantitative estimate of drug-likeness (QED) is 0.874. The summed E-state index contributed by atoms with van der Waals surface area (Å²) >= 11 is 0. The van der Waals surface area contributed by atoms with Crippen molar-refractivity contribution in [2.75, 3.05) is 0 Å². The van der Waals surface area contributed by atoms with Crippen LogP contribution >= 0.6 is 0 Å². The summed E-state index contributed by atoms with van der Waals surface area (Å²) in [6, 6.07) is 7.71. The van der Waals surface area contributed by atoms with Gasteiger partial charge in [0.2, 0.25) is 0 Å². The molecule has 1 aliphatic carbocycles. The maximum absolute atomic E-state index is 13.9. The molecular formula is C13H14FN3. The summed E-state index contributed by atoms with van der Waals surface area (Å²) in [4.78, 5) is 0. The summed E-state index contributed by atoms with van der Waals surface area (Å²) in [7, 11) is 0. The van der Waals surface area contributed by atoms with Crippen LogP contribution in [0.15, 0.2) is 36.7 Å². The molecule has 0 spiro atoms. The van der Waals surface area contributed by atoms with E-state index in [4.69, 9.17) is 0 Å². The molecule has 88 valence electrons. The molecular weight excluding hydrogens is 217 g/mol. The van der Waals surface area contributed by atoms with Crippen molar-refractivity contribution in [3.8, 4) is 5.69 Å². The maximum Gasteiger partial charge on any atom is 0.149 e. The predicted molar refractivity (Wildman–Crippen MR) is 63.4 cm³/mol. The van der Waals surface area contributed by atoms with Gasteiger partial charge in [0.05, 0.1) is 0 Å². The monoisotopic (exact) mass is 231 g/mol. The number of halogens is 1. The minimum Gasteiger partial charge on any atom is -0.310 e. The Hall–Kier alpha value is -1.68. The van der Waals surface area contributed by atoms with Crippen molar-refractivity contribution in [1.29, 1.82) is 0 Å². The molecule has 3 rings (SSSR count). The van der Waals surface area contributed by atoms with E-state index < -0.39 is 0 Å². The van der Waals surface area contributed by atoms with Crippen LogP contribution in [-0.2, 0) is 6.54 Å². The lowest BCUT2D eigenvalue weighted by Crippen LogP contribution is -2.15. The fourth-order valence-corrected chi connectivity index (χ4v) is 1.81. The smallest absolute Gasteiger partial charge is 0.149 e. The first kappa shape index (κ1) is 10.5. The van der Waals surface area contributed by atoms with Gasteiger partial charge in [-0.15, -0.1) is 0 Å². The lowest BCUT2D eigenvalue weighted by Gasteiger charge is -2.07. The normalized spacial score (nSPS) is 15.1. The number of nitrogens with one attached hydrogen (secondary N) is 1. The molecule has 17 heavy (non-hydrogen) atoms. The Morgan fingerprint density at radius 1 is 1.41 bits per heavy atom. The predicted octanol–water partition coefficient (Wildman–Crippen LogP) is 2.26. The second-order valence-electron chi connectivity index (χ2n) is 4.39. The lowest BCUT2D eigenvalue weighted by molar-refractivity contribution is 0.604. The number of nitrogens with zero attached hydrogens (tertiary/aromatic N) is 2. The highest BCUT2D eigenvalue weighted by molar-refractivity contribution is 5.35. The van der Waals surface area contributed by atoms with Crippen molar-refractivity contribution in [1.82, 2.24) is 15.1 Å². The molecule has 0 atom stereocenters. The van der Waals surface area contributed by atoms with Crippen molar-refractivity contribution in [2.45, 2.75) is 25.4 Å². The number of benzene rings is 1. The van der Waals surface area contributed by atoms with Crippen LogP contribution in [0, 0.1) is 5.82 Å². The van der Waals surface area contributed by atoms with E-state index in [1.807, 2.05) is 6.07 Å². The van der Waals surface area contributed by atoms with Crippen LogP contribution < -0.4 is 5.32 Å². The number of hydrogen-bond acceptors (Lipinski definition) is 2. The molecule has 2 aromatic rings. The van der Waals surface area contributed by atoms with Gasteiger partial charge >= 0.3 is 0 Å². The van der Waals surface area contributed by atoms with Gasteiger partial charge in [0.25, 0.3) is 0 Å². The average Bonchev–Trinajstić information content (AvgIpc) is 3.01.